The second-order valence-corrected chi connectivity index (χ2v) is 14.0. The predicted octanol–water partition coefficient (Wildman–Crippen LogP) is 6.04. The number of sulfonamides is 1. The normalized spacial score (nSPS) is 21.3. The molecule has 0 bridgehead atoms. The summed E-state index contributed by atoms with van der Waals surface area (Å²) in [5.41, 5.74) is 1.77. The van der Waals surface area contributed by atoms with Crippen molar-refractivity contribution in [3.8, 4) is 0 Å². The van der Waals surface area contributed by atoms with Crippen LogP contribution in [0.2, 0.25) is 5.02 Å². The summed E-state index contributed by atoms with van der Waals surface area (Å²) in [4.78, 5) is 17.5. The van der Waals surface area contributed by atoms with Crippen LogP contribution in [0.4, 0.5) is 4.79 Å². The zero-order chi connectivity index (χ0) is 29.7. The fourth-order valence-electron chi connectivity index (χ4n) is 6.38. The van der Waals surface area contributed by atoms with Gasteiger partial charge in [0.1, 0.15) is 6.61 Å². The SMILES string of the molecule is CCN(C(=O)OCc1ccccc1)C1CCN(C[C@@H]2C[C@@]2(CN(C)S(=O)(=O)c2ccccc2)c2cccc(Cl)c2)CC1. The zero-order valence-corrected chi connectivity index (χ0v) is 25.9. The van der Waals surface area contributed by atoms with Crippen molar-refractivity contribution in [2.24, 2.45) is 5.92 Å². The maximum atomic E-state index is 13.4. The molecule has 2 atom stereocenters. The van der Waals surface area contributed by atoms with Crippen molar-refractivity contribution in [3.63, 3.8) is 0 Å². The van der Waals surface area contributed by atoms with E-state index in [0.29, 0.717) is 28.9 Å². The minimum Gasteiger partial charge on any atom is -0.445 e. The average molecular weight is 610 g/mol. The molecule has 0 aromatic heterocycles. The summed E-state index contributed by atoms with van der Waals surface area (Å²) < 4.78 is 33.9. The Morgan fingerprint density at radius 1 is 1.00 bits per heavy atom. The standard InChI is InChI=1S/C33H40ClN3O4S/c1-3-37(32(38)41-24-26-11-6-4-7-12-26)30-17-19-36(20-18-30)23-28-22-33(28,27-13-10-14-29(34)21-27)25-35(2)42(39,40)31-15-8-5-9-16-31/h4-16,21,28,30H,3,17-20,22-25H2,1-2H3/t28-,33+/m0/s1. The summed E-state index contributed by atoms with van der Waals surface area (Å²) in [6.45, 7) is 5.92. The second-order valence-electron chi connectivity index (χ2n) is 11.5. The molecule has 0 unspecified atom stereocenters. The Morgan fingerprint density at radius 2 is 1.67 bits per heavy atom. The lowest BCUT2D eigenvalue weighted by molar-refractivity contribution is 0.0620. The molecule has 0 N–H and O–H groups in total. The van der Waals surface area contributed by atoms with Crippen molar-refractivity contribution in [2.75, 3.05) is 39.8 Å². The number of hydrogen-bond acceptors (Lipinski definition) is 5. The Labute approximate surface area is 255 Å². The summed E-state index contributed by atoms with van der Waals surface area (Å²) in [6.07, 6.45) is 2.40. The minimum absolute atomic E-state index is 0.147. The molecule has 1 heterocycles. The molecular formula is C33H40ClN3O4S. The molecule has 42 heavy (non-hydrogen) atoms. The number of benzene rings is 3. The number of carbonyl (C=O) groups excluding carboxylic acids is 1. The van der Waals surface area contributed by atoms with Gasteiger partial charge >= 0.3 is 6.09 Å². The van der Waals surface area contributed by atoms with Crippen LogP contribution in [0.25, 0.3) is 0 Å². The van der Waals surface area contributed by atoms with Crippen LogP contribution in [0.3, 0.4) is 0 Å². The molecular weight excluding hydrogens is 570 g/mol. The first kappa shape index (κ1) is 30.5. The van der Waals surface area contributed by atoms with Crippen LogP contribution >= 0.6 is 11.6 Å². The van der Waals surface area contributed by atoms with Gasteiger partial charge in [0.2, 0.25) is 10.0 Å². The molecule has 0 radical (unpaired) electrons. The Bertz CT molecular complexity index is 1450. The van der Waals surface area contributed by atoms with Crippen molar-refractivity contribution in [3.05, 3.63) is 101 Å². The Hall–Kier alpha value is -2.91. The summed E-state index contributed by atoms with van der Waals surface area (Å²) in [5.74, 6) is 0.305. The maximum absolute atomic E-state index is 13.4. The van der Waals surface area contributed by atoms with Gasteiger partial charge < -0.3 is 14.5 Å². The Balaban J connectivity index is 1.21. The van der Waals surface area contributed by atoms with Crippen LogP contribution in [0, 0.1) is 5.92 Å². The quantitative estimate of drug-likeness (QED) is 0.265. The fraction of sp³-hybridized carbons (Fsp3) is 0.424. The number of hydrogen-bond donors (Lipinski definition) is 0. The van der Waals surface area contributed by atoms with Gasteiger partial charge in [-0.3, -0.25) is 0 Å². The number of carbonyl (C=O) groups is 1. The summed E-state index contributed by atoms with van der Waals surface area (Å²) in [6, 6.07) is 26.4. The van der Waals surface area contributed by atoms with Crippen LogP contribution in [0.15, 0.2) is 89.8 Å². The van der Waals surface area contributed by atoms with E-state index in [1.165, 1.54) is 4.31 Å². The topological polar surface area (TPSA) is 70.2 Å². The molecule has 1 amide bonds. The molecule has 224 valence electrons. The first-order valence-electron chi connectivity index (χ1n) is 14.7. The number of amides is 1. The van der Waals surface area contributed by atoms with Crippen LogP contribution < -0.4 is 0 Å². The first-order valence-corrected chi connectivity index (χ1v) is 16.5. The summed E-state index contributed by atoms with van der Waals surface area (Å²) >= 11 is 6.40. The number of piperidine rings is 1. The molecule has 5 rings (SSSR count). The van der Waals surface area contributed by atoms with Crippen molar-refractivity contribution in [1.29, 1.82) is 0 Å². The molecule has 1 saturated carbocycles. The molecule has 1 aliphatic heterocycles. The molecule has 7 nitrogen and oxygen atoms in total. The molecule has 2 fully saturated rings. The zero-order valence-electron chi connectivity index (χ0n) is 24.4. The van der Waals surface area contributed by atoms with Gasteiger partial charge in [-0.05, 0) is 67.5 Å². The number of rotatable bonds is 11. The van der Waals surface area contributed by atoms with E-state index in [2.05, 4.69) is 11.0 Å². The van der Waals surface area contributed by atoms with E-state index in [9.17, 15) is 13.2 Å². The minimum atomic E-state index is -3.62. The lowest BCUT2D eigenvalue weighted by Gasteiger charge is -2.38. The van der Waals surface area contributed by atoms with E-state index in [4.69, 9.17) is 16.3 Å². The van der Waals surface area contributed by atoms with E-state index in [0.717, 1.165) is 50.0 Å². The molecule has 3 aromatic rings. The number of ether oxygens (including phenoxy) is 1. The van der Waals surface area contributed by atoms with Crippen molar-refractivity contribution in [2.45, 2.75) is 49.1 Å². The highest BCUT2D eigenvalue weighted by atomic mass is 35.5. The van der Waals surface area contributed by atoms with Crippen LogP contribution in [0.5, 0.6) is 0 Å². The van der Waals surface area contributed by atoms with Crippen molar-refractivity contribution < 1.29 is 17.9 Å². The number of nitrogens with zero attached hydrogens (tertiary/aromatic N) is 3. The molecule has 3 aromatic carbocycles. The van der Waals surface area contributed by atoms with E-state index in [-0.39, 0.29) is 24.2 Å². The van der Waals surface area contributed by atoms with Gasteiger partial charge in [0, 0.05) is 56.3 Å². The predicted molar refractivity (Wildman–Crippen MR) is 166 cm³/mol. The van der Waals surface area contributed by atoms with E-state index < -0.39 is 10.0 Å². The maximum Gasteiger partial charge on any atom is 0.410 e. The molecule has 1 saturated heterocycles. The molecule has 9 heteroatoms. The third-order valence-electron chi connectivity index (χ3n) is 8.84. The third-order valence-corrected chi connectivity index (χ3v) is 10.9. The van der Waals surface area contributed by atoms with Gasteiger partial charge in [-0.25, -0.2) is 17.5 Å². The smallest absolute Gasteiger partial charge is 0.410 e. The third kappa shape index (κ3) is 6.83. The number of likely N-dealkylation sites (N-methyl/N-ethyl adjacent to an activating group) is 1. The van der Waals surface area contributed by atoms with Gasteiger partial charge in [-0.1, -0.05) is 72.3 Å². The van der Waals surface area contributed by atoms with Gasteiger partial charge in [0.25, 0.3) is 0 Å². The molecule has 1 aliphatic carbocycles. The van der Waals surface area contributed by atoms with Crippen LogP contribution in [-0.4, -0.2) is 74.4 Å². The first-order chi connectivity index (χ1) is 20.2. The van der Waals surface area contributed by atoms with E-state index in [1.54, 1.807) is 31.3 Å². The highest BCUT2D eigenvalue weighted by Gasteiger charge is 2.57. The number of halogens is 1. The highest BCUT2D eigenvalue weighted by molar-refractivity contribution is 7.89. The molecule has 2 aliphatic rings. The molecule has 0 spiro atoms. The van der Waals surface area contributed by atoms with Gasteiger partial charge in [-0.2, -0.15) is 0 Å². The van der Waals surface area contributed by atoms with Gasteiger partial charge in [-0.15, -0.1) is 0 Å². The largest absolute Gasteiger partial charge is 0.445 e. The van der Waals surface area contributed by atoms with Crippen LogP contribution in [0.1, 0.15) is 37.3 Å². The van der Waals surface area contributed by atoms with E-state index >= 15 is 0 Å². The Morgan fingerprint density at radius 3 is 2.31 bits per heavy atom. The van der Waals surface area contributed by atoms with Crippen LogP contribution in [-0.2, 0) is 26.8 Å². The van der Waals surface area contributed by atoms with E-state index in [1.807, 2.05) is 66.4 Å². The lowest BCUT2D eigenvalue weighted by Crippen LogP contribution is -2.48. The van der Waals surface area contributed by atoms with Gasteiger partial charge in [0.15, 0.2) is 0 Å². The van der Waals surface area contributed by atoms with Crippen molar-refractivity contribution >= 4 is 27.7 Å². The number of likely N-dealkylation sites (tertiary alicyclic amines) is 1. The summed E-state index contributed by atoms with van der Waals surface area (Å²) in [7, 11) is -1.95. The monoisotopic (exact) mass is 609 g/mol. The average Bonchev–Trinajstić information content (AvgIpc) is 3.70. The summed E-state index contributed by atoms with van der Waals surface area (Å²) in [5, 5.41) is 0.658. The lowest BCUT2D eigenvalue weighted by atomic mass is 9.92. The van der Waals surface area contributed by atoms with Gasteiger partial charge in [0.05, 0.1) is 4.90 Å². The second kappa shape index (κ2) is 13.2. The Kier molecular flexibility index (Phi) is 9.57. The highest BCUT2D eigenvalue weighted by Crippen LogP contribution is 2.56. The van der Waals surface area contributed by atoms with Crippen molar-refractivity contribution in [1.82, 2.24) is 14.1 Å². The fourth-order valence-corrected chi connectivity index (χ4v) is 7.83.